The summed E-state index contributed by atoms with van der Waals surface area (Å²) >= 11 is 0. The van der Waals surface area contributed by atoms with Gasteiger partial charge in [-0.05, 0) is 57.2 Å². The van der Waals surface area contributed by atoms with E-state index in [4.69, 9.17) is 0 Å². The van der Waals surface area contributed by atoms with Crippen LogP contribution in [0.5, 0.6) is 0 Å². The second kappa shape index (κ2) is 8.85. The van der Waals surface area contributed by atoms with E-state index in [1.165, 1.54) is 11.4 Å². The number of halogens is 2. The van der Waals surface area contributed by atoms with Gasteiger partial charge in [0, 0.05) is 30.8 Å². The van der Waals surface area contributed by atoms with Gasteiger partial charge in [0.1, 0.15) is 22.7 Å². The van der Waals surface area contributed by atoms with Gasteiger partial charge in [0.05, 0.1) is 11.0 Å². The molecule has 0 radical (unpaired) electrons. The number of rotatable bonds is 5. The number of H-pyrrole nitrogens is 1. The van der Waals surface area contributed by atoms with Crippen molar-refractivity contribution in [2.24, 2.45) is 7.05 Å². The Balaban J connectivity index is 1.50. The van der Waals surface area contributed by atoms with Crippen LogP contribution in [0.15, 0.2) is 47.3 Å². The molecule has 2 aliphatic rings. The van der Waals surface area contributed by atoms with Crippen LogP contribution < -0.4 is 5.69 Å². The molecule has 1 saturated heterocycles. The van der Waals surface area contributed by atoms with E-state index in [1.807, 2.05) is 6.07 Å². The Morgan fingerprint density at radius 1 is 1.14 bits per heavy atom. The van der Waals surface area contributed by atoms with Gasteiger partial charge >= 0.3 is 5.69 Å². The van der Waals surface area contributed by atoms with Crippen molar-refractivity contribution in [1.29, 1.82) is 0 Å². The van der Waals surface area contributed by atoms with Crippen molar-refractivity contribution < 1.29 is 22.3 Å². The van der Waals surface area contributed by atoms with Gasteiger partial charge in [0.2, 0.25) is 10.0 Å². The number of aromatic nitrogens is 3. The Morgan fingerprint density at radius 2 is 1.81 bits per heavy atom. The number of nitrogens with one attached hydrogen (secondary N) is 1. The molecule has 0 spiro atoms. The lowest BCUT2D eigenvalue weighted by Crippen LogP contribution is -2.54. The van der Waals surface area contributed by atoms with Crippen molar-refractivity contribution in [1.82, 2.24) is 19.1 Å². The van der Waals surface area contributed by atoms with Gasteiger partial charge < -0.3 is 5.11 Å². The minimum absolute atomic E-state index is 0.0358. The van der Waals surface area contributed by atoms with E-state index in [0.29, 0.717) is 18.4 Å². The van der Waals surface area contributed by atoms with Gasteiger partial charge in [0.25, 0.3) is 0 Å². The second-order valence-corrected chi connectivity index (χ2v) is 12.7. The third-order valence-electron chi connectivity index (χ3n) is 7.76. The average molecular weight is 533 g/mol. The van der Waals surface area contributed by atoms with Crippen molar-refractivity contribution in [3.05, 3.63) is 87.1 Å². The maximum absolute atomic E-state index is 15.6. The van der Waals surface area contributed by atoms with E-state index >= 15 is 8.78 Å². The first kappa shape index (κ1) is 25.7. The van der Waals surface area contributed by atoms with Crippen LogP contribution in [0, 0.1) is 11.6 Å². The Labute approximate surface area is 214 Å². The highest BCUT2D eigenvalue weighted by Gasteiger charge is 2.56. The SMILES string of the molecule is C[C@H]1CCC(c2ccccc2)S(=O)(=O)N1Cc1cc(F)c([C@]2(c3nn(C)c(=O)[nH]3)C[C@@](C)(O)C2)cc1F. The second-order valence-electron chi connectivity index (χ2n) is 10.7. The maximum Gasteiger partial charge on any atom is 0.343 e. The average Bonchev–Trinajstić information content (AvgIpc) is 3.15. The van der Waals surface area contributed by atoms with Gasteiger partial charge in [0.15, 0.2) is 0 Å². The lowest BCUT2D eigenvalue weighted by molar-refractivity contribution is -0.0649. The molecular weight excluding hydrogens is 502 g/mol. The van der Waals surface area contributed by atoms with E-state index in [0.717, 1.165) is 16.8 Å². The normalized spacial score (nSPS) is 29.7. The zero-order valence-corrected chi connectivity index (χ0v) is 21.7. The Kier molecular flexibility index (Phi) is 6.16. The van der Waals surface area contributed by atoms with Gasteiger partial charge in [-0.3, -0.25) is 4.98 Å². The van der Waals surface area contributed by atoms with Crippen LogP contribution in [-0.2, 0) is 29.0 Å². The fourth-order valence-electron chi connectivity index (χ4n) is 5.95. The van der Waals surface area contributed by atoms with Crippen LogP contribution in [0.25, 0.3) is 0 Å². The summed E-state index contributed by atoms with van der Waals surface area (Å²) in [6.07, 6.45) is 1.12. The molecule has 1 aliphatic heterocycles. The molecule has 2 aromatic carbocycles. The van der Waals surface area contributed by atoms with Crippen molar-refractivity contribution >= 4 is 10.0 Å². The highest BCUT2D eigenvalue weighted by atomic mass is 32.2. The van der Waals surface area contributed by atoms with Gasteiger partial charge in [-0.25, -0.2) is 26.7 Å². The predicted octanol–water partition coefficient (Wildman–Crippen LogP) is 3.27. The quantitative estimate of drug-likeness (QED) is 0.525. The van der Waals surface area contributed by atoms with Crippen molar-refractivity contribution in [2.45, 2.75) is 68.4 Å². The number of aliphatic hydroxyl groups is 1. The maximum atomic E-state index is 15.6. The van der Waals surface area contributed by atoms with Gasteiger partial charge in [-0.1, -0.05) is 30.3 Å². The summed E-state index contributed by atoms with van der Waals surface area (Å²) in [7, 11) is -2.39. The molecule has 1 saturated carbocycles. The molecule has 2 fully saturated rings. The Bertz CT molecular complexity index is 1490. The predicted molar refractivity (Wildman–Crippen MR) is 133 cm³/mol. The fraction of sp³-hybridized carbons (Fsp3) is 0.462. The summed E-state index contributed by atoms with van der Waals surface area (Å²) in [5.41, 5.74) is -2.30. The first-order chi connectivity index (χ1) is 17.3. The number of aryl methyl sites for hydroxylation is 1. The molecule has 3 aromatic rings. The molecule has 1 aromatic heterocycles. The minimum Gasteiger partial charge on any atom is -0.390 e. The van der Waals surface area contributed by atoms with E-state index in [1.54, 1.807) is 38.1 Å². The number of sulfonamides is 1. The monoisotopic (exact) mass is 532 g/mol. The first-order valence-electron chi connectivity index (χ1n) is 12.2. The standard InChI is InChI=1S/C26H30F2N4O4S/c1-16-9-10-22(17-7-5-4-6-8-17)37(35,36)32(16)13-18-11-21(28)19(12-20(18)27)26(14-25(2,34)15-26)23-29-24(33)31(3)30-23/h4-8,11-12,16,22,34H,9-10,13-15H2,1-3H3,(H,29,30,33)/t16-,22?,25-,26+/m0/s1. The van der Waals surface area contributed by atoms with Crippen molar-refractivity contribution in [3.63, 3.8) is 0 Å². The topological polar surface area (TPSA) is 108 Å². The van der Waals surface area contributed by atoms with E-state index in [-0.39, 0.29) is 42.4 Å². The zero-order valence-electron chi connectivity index (χ0n) is 20.9. The molecule has 2 heterocycles. The lowest BCUT2D eigenvalue weighted by atomic mass is 9.56. The third kappa shape index (κ3) is 4.32. The molecule has 5 rings (SSSR count). The van der Waals surface area contributed by atoms with Crippen LogP contribution in [0.3, 0.4) is 0 Å². The van der Waals surface area contributed by atoms with E-state index in [2.05, 4.69) is 10.1 Å². The van der Waals surface area contributed by atoms with Crippen LogP contribution in [0.1, 0.15) is 67.3 Å². The van der Waals surface area contributed by atoms with Crippen molar-refractivity contribution in [2.75, 3.05) is 0 Å². The number of benzene rings is 2. The molecule has 2 atom stereocenters. The molecule has 37 heavy (non-hydrogen) atoms. The molecule has 11 heteroatoms. The third-order valence-corrected chi connectivity index (χ3v) is 10.1. The molecular formula is C26H30F2N4O4S. The highest BCUT2D eigenvalue weighted by Crippen LogP contribution is 2.54. The number of aromatic amines is 1. The largest absolute Gasteiger partial charge is 0.390 e. The van der Waals surface area contributed by atoms with Crippen LogP contribution >= 0.6 is 0 Å². The zero-order chi connectivity index (χ0) is 26.8. The van der Waals surface area contributed by atoms with E-state index < -0.39 is 43.6 Å². The van der Waals surface area contributed by atoms with Crippen LogP contribution in [-0.4, -0.2) is 44.2 Å². The Morgan fingerprint density at radius 3 is 2.41 bits per heavy atom. The highest BCUT2D eigenvalue weighted by molar-refractivity contribution is 7.89. The molecule has 8 nitrogen and oxygen atoms in total. The minimum atomic E-state index is -3.83. The first-order valence-corrected chi connectivity index (χ1v) is 13.7. The lowest BCUT2D eigenvalue weighted by Gasteiger charge is -2.50. The number of hydrogen-bond acceptors (Lipinski definition) is 5. The van der Waals surface area contributed by atoms with Crippen LogP contribution in [0.2, 0.25) is 0 Å². The summed E-state index contributed by atoms with van der Waals surface area (Å²) in [6, 6.07) is 10.6. The van der Waals surface area contributed by atoms with Crippen molar-refractivity contribution in [3.8, 4) is 0 Å². The molecule has 1 unspecified atom stereocenters. The molecule has 198 valence electrons. The van der Waals surface area contributed by atoms with Gasteiger partial charge in [-0.15, -0.1) is 0 Å². The molecule has 0 bridgehead atoms. The summed E-state index contributed by atoms with van der Waals surface area (Å²) < 4.78 is 60.5. The summed E-state index contributed by atoms with van der Waals surface area (Å²) in [5, 5.41) is 13.9. The summed E-state index contributed by atoms with van der Waals surface area (Å²) in [6.45, 7) is 3.05. The molecule has 0 amide bonds. The fourth-order valence-corrected chi connectivity index (χ4v) is 8.14. The Hall–Kier alpha value is -2.89. The molecule has 2 N–H and O–H groups in total. The summed E-state index contributed by atoms with van der Waals surface area (Å²) in [5.74, 6) is -1.36. The van der Waals surface area contributed by atoms with Gasteiger partial charge in [-0.2, -0.15) is 9.40 Å². The summed E-state index contributed by atoms with van der Waals surface area (Å²) in [4.78, 5) is 14.6. The smallest absolute Gasteiger partial charge is 0.343 e. The number of nitrogens with zero attached hydrogens (tertiary/aromatic N) is 3. The van der Waals surface area contributed by atoms with Crippen LogP contribution in [0.4, 0.5) is 8.78 Å². The number of hydrogen-bond donors (Lipinski definition) is 2. The van der Waals surface area contributed by atoms with E-state index in [9.17, 15) is 18.3 Å². The molecule has 1 aliphatic carbocycles.